The van der Waals surface area contributed by atoms with Crippen molar-refractivity contribution in [3.05, 3.63) is 35.9 Å². The predicted octanol–water partition coefficient (Wildman–Crippen LogP) is 0.294. The molecule has 4 N–H and O–H groups in total. The molecule has 0 saturated heterocycles. The van der Waals surface area contributed by atoms with Crippen molar-refractivity contribution < 1.29 is 9.53 Å². The number of nitrogens with two attached hydrogens (primary N) is 2. The van der Waals surface area contributed by atoms with E-state index in [4.69, 9.17) is 16.2 Å². The van der Waals surface area contributed by atoms with Crippen molar-refractivity contribution in [2.75, 3.05) is 33.4 Å². The molecule has 0 aliphatic carbocycles. The van der Waals surface area contributed by atoms with Gasteiger partial charge in [-0.1, -0.05) is 30.3 Å². The number of hydrogen-bond donors (Lipinski definition) is 2. The van der Waals surface area contributed by atoms with Gasteiger partial charge in [0.15, 0.2) is 0 Å². The van der Waals surface area contributed by atoms with E-state index in [1.807, 2.05) is 49.2 Å². The Bertz CT molecular complexity index is 397. The number of ether oxygens (including phenoxy) is 1. The highest BCUT2D eigenvalue weighted by molar-refractivity contribution is 5.86. The lowest BCUT2D eigenvalue weighted by Gasteiger charge is -2.31. The van der Waals surface area contributed by atoms with Gasteiger partial charge >= 0.3 is 0 Å². The van der Waals surface area contributed by atoms with Crippen molar-refractivity contribution in [2.24, 2.45) is 11.5 Å². The fourth-order valence-corrected chi connectivity index (χ4v) is 1.92. The van der Waals surface area contributed by atoms with Gasteiger partial charge in [-0.3, -0.25) is 4.79 Å². The van der Waals surface area contributed by atoms with E-state index in [1.165, 1.54) is 0 Å². The van der Waals surface area contributed by atoms with E-state index in [2.05, 4.69) is 0 Å². The van der Waals surface area contributed by atoms with Crippen molar-refractivity contribution in [3.8, 4) is 0 Å². The lowest BCUT2D eigenvalue weighted by molar-refractivity contribution is -0.124. The Hall–Kier alpha value is -1.43. The van der Waals surface area contributed by atoms with Crippen LogP contribution in [0.4, 0.5) is 0 Å². The Morgan fingerprint density at radius 1 is 1.37 bits per heavy atom. The molecule has 1 rings (SSSR count). The first kappa shape index (κ1) is 15.6. The Morgan fingerprint density at radius 3 is 2.53 bits per heavy atom. The third kappa shape index (κ3) is 4.31. The SMILES string of the molecule is CCOCCN(C)CC(N)(C(N)=O)c1ccccc1. The zero-order chi connectivity index (χ0) is 14.3. The van der Waals surface area contributed by atoms with E-state index < -0.39 is 11.4 Å². The summed E-state index contributed by atoms with van der Waals surface area (Å²) >= 11 is 0. The van der Waals surface area contributed by atoms with Crippen molar-refractivity contribution in [3.63, 3.8) is 0 Å². The molecule has 0 radical (unpaired) electrons. The van der Waals surface area contributed by atoms with Gasteiger partial charge in [0.1, 0.15) is 5.54 Å². The van der Waals surface area contributed by atoms with E-state index in [0.29, 0.717) is 26.3 Å². The first-order chi connectivity index (χ1) is 9.00. The van der Waals surface area contributed by atoms with Gasteiger partial charge in [0.05, 0.1) is 6.61 Å². The van der Waals surface area contributed by atoms with Crippen LogP contribution in [0.2, 0.25) is 0 Å². The van der Waals surface area contributed by atoms with Crippen LogP contribution in [0.3, 0.4) is 0 Å². The van der Waals surface area contributed by atoms with Crippen LogP contribution in [0, 0.1) is 0 Å². The molecule has 19 heavy (non-hydrogen) atoms. The molecular formula is C14H23N3O2. The molecule has 0 aromatic heterocycles. The van der Waals surface area contributed by atoms with E-state index >= 15 is 0 Å². The molecule has 0 aliphatic rings. The average molecular weight is 265 g/mol. The standard InChI is InChI=1S/C14H23N3O2/c1-3-19-10-9-17(2)11-14(16,13(15)18)12-7-5-4-6-8-12/h4-8H,3,9-11,16H2,1-2H3,(H2,15,18). The summed E-state index contributed by atoms with van der Waals surface area (Å²) in [5, 5.41) is 0. The highest BCUT2D eigenvalue weighted by atomic mass is 16.5. The van der Waals surface area contributed by atoms with E-state index in [9.17, 15) is 4.79 Å². The van der Waals surface area contributed by atoms with Crippen molar-refractivity contribution in [2.45, 2.75) is 12.5 Å². The predicted molar refractivity (Wildman–Crippen MR) is 75.5 cm³/mol. The summed E-state index contributed by atoms with van der Waals surface area (Å²) in [5.74, 6) is -0.526. The maximum atomic E-state index is 11.7. The maximum absolute atomic E-state index is 11.7. The molecule has 1 aromatic carbocycles. The quantitative estimate of drug-likeness (QED) is 0.662. The summed E-state index contributed by atoms with van der Waals surface area (Å²) in [6, 6.07) is 9.21. The molecule has 5 heteroatoms. The monoisotopic (exact) mass is 265 g/mol. The molecule has 1 unspecified atom stereocenters. The van der Waals surface area contributed by atoms with Crippen LogP contribution in [0.1, 0.15) is 12.5 Å². The van der Waals surface area contributed by atoms with E-state index in [-0.39, 0.29) is 0 Å². The molecule has 1 aromatic rings. The van der Waals surface area contributed by atoms with Gasteiger partial charge in [-0.25, -0.2) is 0 Å². The molecule has 1 amide bonds. The van der Waals surface area contributed by atoms with E-state index in [1.54, 1.807) is 0 Å². The fourth-order valence-electron chi connectivity index (χ4n) is 1.92. The van der Waals surface area contributed by atoms with Gasteiger partial charge in [-0.2, -0.15) is 0 Å². The Labute approximate surface area is 114 Å². The van der Waals surface area contributed by atoms with Gasteiger partial charge in [-0.15, -0.1) is 0 Å². The Kier molecular flexibility index (Phi) is 5.95. The van der Waals surface area contributed by atoms with Gasteiger partial charge in [0.2, 0.25) is 5.91 Å². The summed E-state index contributed by atoms with van der Waals surface area (Å²) in [4.78, 5) is 13.7. The number of likely N-dealkylation sites (N-methyl/N-ethyl adjacent to an activating group) is 1. The minimum atomic E-state index is -1.18. The molecular weight excluding hydrogens is 242 g/mol. The molecule has 0 fully saturated rings. The lowest BCUT2D eigenvalue weighted by Crippen LogP contribution is -2.56. The minimum absolute atomic E-state index is 0.361. The van der Waals surface area contributed by atoms with Crippen LogP contribution >= 0.6 is 0 Å². The largest absolute Gasteiger partial charge is 0.380 e. The molecule has 0 saturated carbocycles. The van der Waals surface area contributed by atoms with Crippen molar-refractivity contribution in [1.29, 1.82) is 0 Å². The van der Waals surface area contributed by atoms with Gasteiger partial charge in [0, 0.05) is 19.7 Å². The molecule has 5 nitrogen and oxygen atoms in total. The Balaban J connectivity index is 2.75. The summed E-state index contributed by atoms with van der Waals surface area (Å²) in [7, 11) is 1.90. The topological polar surface area (TPSA) is 81.6 Å². The third-order valence-electron chi connectivity index (χ3n) is 3.07. The number of nitrogens with zero attached hydrogens (tertiary/aromatic N) is 1. The number of rotatable bonds is 8. The normalized spacial score (nSPS) is 14.3. The number of hydrogen-bond acceptors (Lipinski definition) is 4. The molecule has 106 valence electrons. The van der Waals surface area contributed by atoms with E-state index in [0.717, 1.165) is 5.56 Å². The van der Waals surface area contributed by atoms with Crippen LogP contribution in [0.5, 0.6) is 0 Å². The number of benzene rings is 1. The number of carbonyl (C=O) groups is 1. The zero-order valence-electron chi connectivity index (χ0n) is 11.6. The first-order valence-corrected chi connectivity index (χ1v) is 6.41. The third-order valence-corrected chi connectivity index (χ3v) is 3.07. The fraction of sp³-hybridized carbons (Fsp3) is 0.500. The van der Waals surface area contributed by atoms with Crippen LogP contribution in [0.15, 0.2) is 30.3 Å². The zero-order valence-corrected chi connectivity index (χ0v) is 11.6. The van der Waals surface area contributed by atoms with Gasteiger partial charge in [-0.05, 0) is 19.5 Å². The van der Waals surface area contributed by atoms with Crippen LogP contribution in [0.25, 0.3) is 0 Å². The molecule has 0 bridgehead atoms. The Morgan fingerprint density at radius 2 is 2.00 bits per heavy atom. The minimum Gasteiger partial charge on any atom is -0.380 e. The number of amides is 1. The highest BCUT2D eigenvalue weighted by Gasteiger charge is 2.35. The van der Waals surface area contributed by atoms with Crippen LogP contribution in [-0.4, -0.2) is 44.2 Å². The average Bonchev–Trinajstić information content (AvgIpc) is 2.39. The molecule has 0 heterocycles. The summed E-state index contributed by atoms with van der Waals surface area (Å²) < 4.78 is 5.29. The molecule has 0 aliphatic heterocycles. The number of carbonyl (C=O) groups excluding carboxylic acids is 1. The maximum Gasteiger partial charge on any atom is 0.243 e. The molecule has 1 atom stereocenters. The first-order valence-electron chi connectivity index (χ1n) is 6.41. The summed E-state index contributed by atoms with van der Waals surface area (Å²) in [6.45, 7) is 4.29. The number of primary amides is 1. The van der Waals surface area contributed by atoms with Crippen LogP contribution < -0.4 is 11.5 Å². The lowest BCUT2D eigenvalue weighted by atomic mass is 9.89. The smallest absolute Gasteiger partial charge is 0.243 e. The highest BCUT2D eigenvalue weighted by Crippen LogP contribution is 2.18. The second-order valence-electron chi connectivity index (χ2n) is 4.64. The second-order valence-corrected chi connectivity index (χ2v) is 4.64. The second kappa shape index (κ2) is 7.23. The summed E-state index contributed by atoms with van der Waals surface area (Å²) in [5.41, 5.74) is 11.2. The molecule has 0 spiro atoms. The van der Waals surface area contributed by atoms with Gasteiger partial charge < -0.3 is 21.1 Å². The van der Waals surface area contributed by atoms with Crippen molar-refractivity contribution >= 4 is 5.91 Å². The summed E-state index contributed by atoms with van der Waals surface area (Å²) in [6.07, 6.45) is 0. The van der Waals surface area contributed by atoms with Crippen LogP contribution in [-0.2, 0) is 15.1 Å². The van der Waals surface area contributed by atoms with Crippen molar-refractivity contribution in [1.82, 2.24) is 4.90 Å². The van der Waals surface area contributed by atoms with Gasteiger partial charge in [0.25, 0.3) is 0 Å².